The number of hydrogen-bond acceptors (Lipinski definition) is 3. The zero-order valence-corrected chi connectivity index (χ0v) is 11.9. The van der Waals surface area contributed by atoms with Crippen LogP contribution >= 0.6 is 0 Å². The van der Waals surface area contributed by atoms with Gasteiger partial charge in [-0.05, 0) is 39.2 Å². The summed E-state index contributed by atoms with van der Waals surface area (Å²) in [4.78, 5) is 25.9. The summed E-state index contributed by atoms with van der Waals surface area (Å²) >= 11 is 0. The van der Waals surface area contributed by atoms with E-state index in [4.69, 9.17) is 5.73 Å². The molecule has 2 aliphatic rings. The van der Waals surface area contributed by atoms with Crippen molar-refractivity contribution in [2.75, 3.05) is 13.1 Å². The summed E-state index contributed by atoms with van der Waals surface area (Å²) in [6.07, 6.45) is 3.50. The average molecular weight is 267 g/mol. The van der Waals surface area contributed by atoms with Crippen molar-refractivity contribution >= 4 is 11.8 Å². The summed E-state index contributed by atoms with van der Waals surface area (Å²) in [7, 11) is 0. The summed E-state index contributed by atoms with van der Waals surface area (Å²) in [5.74, 6) is 0.602. The van der Waals surface area contributed by atoms with Gasteiger partial charge in [0.15, 0.2) is 0 Å². The molecule has 1 unspecified atom stereocenters. The van der Waals surface area contributed by atoms with Crippen molar-refractivity contribution in [3.8, 4) is 0 Å². The van der Waals surface area contributed by atoms with E-state index in [0.717, 1.165) is 19.3 Å². The topological polar surface area (TPSA) is 75.4 Å². The number of nitrogens with zero attached hydrogens (tertiary/aromatic N) is 1. The van der Waals surface area contributed by atoms with Crippen LogP contribution in [0.15, 0.2) is 0 Å². The number of carbonyl (C=O) groups is 2. The van der Waals surface area contributed by atoms with Crippen LogP contribution in [0, 0.1) is 11.8 Å². The van der Waals surface area contributed by atoms with E-state index >= 15 is 0 Å². The van der Waals surface area contributed by atoms with Gasteiger partial charge in [0, 0.05) is 24.9 Å². The van der Waals surface area contributed by atoms with Crippen LogP contribution in [0.3, 0.4) is 0 Å². The zero-order chi connectivity index (χ0) is 14.0. The molecule has 0 bridgehead atoms. The molecule has 0 spiro atoms. The number of nitrogens with two attached hydrogens (primary N) is 1. The Morgan fingerprint density at radius 1 is 1.47 bits per heavy atom. The molecule has 0 aromatic rings. The van der Waals surface area contributed by atoms with Crippen molar-refractivity contribution in [1.82, 2.24) is 10.2 Å². The van der Waals surface area contributed by atoms with Gasteiger partial charge in [0.05, 0.1) is 6.04 Å². The summed E-state index contributed by atoms with van der Waals surface area (Å²) < 4.78 is 0. The Bertz CT molecular complexity index is 357. The number of carbonyl (C=O) groups excluding carboxylic acids is 2. The van der Waals surface area contributed by atoms with Crippen LogP contribution in [0.1, 0.15) is 39.5 Å². The van der Waals surface area contributed by atoms with E-state index in [1.54, 1.807) is 0 Å². The molecule has 1 aliphatic carbocycles. The molecule has 0 aromatic carbocycles. The van der Waals surface area contributed by atoms with Crippen LogP contribution in [0.2, 0.25) is 0 Å². The standard InChI is InChI=1S/C14H25N3O2/c1-9(2)17-8-11(6-13(17)18)16-14(19)12-5-3-4-10(12)7-15/h9-12H,3-8,15H2,1-2H3,(H,16,19)/t10-,11?,12-/m1/s1. The van der Waals surface area contributed by atoms with E-state index in [9.17, 15) is 9.59 Å². The van der Waals surface area contributed by atoms with Crippen LogP contribution in [0.25, 0.3) is 0 Å². The van der Waals surface area contributed by atoms with Gasteiger partial charge in [-0.15, -0.1) is 0 Å². The number of nitrogens with one attached hydrogen (secondary N) is 1. The minimum Gasteiger partial charge on any atom is -0.351 e. The molecule has 5 nitrogen and oxygen atoms in total. The van der Waals surface area contributed by atoms with Gasteiger partial charge < -0.3 is 16.0 Å². The maximum Gasteiger partial charge on any atom is 0.225 e. The maximum absolute atomic E-state index is 12.3. The van der Waals surface area contributed by atoms with Gasteiger partial charge in [0.2, 0.25) is 11.8 Å². The van der Waals surface area contributed by atoms with Crippen molar-refractivity contribution in [3.63, 3.8) is 0 Å². The second kappa shape index (κ2) is 5.90. The molecule has 2 rings (SSSR count). The van der Waals surface area contributed by atoms with E-state index in [-0.39, 0.29) is 29.8 Å². The molecule has 2 amide bonds. The van der Waals surface area contributed by atoms with Crippen molar-refractivity contribution < 1.29 is 9.59 Å². The number of likely N-dealkylation sites (tertiary alicyclic amines) is 1. The van der Waals surface area contributed by atoms with Gasteiger partial charge in [0.25, 0.3) is 0 Å². The monoisotopic (exact) mass is 267 g/mol. The lowest BCUT2D eigenvalue weighted by Crippen LogP contribution is -2.43. The first-order valence-corrected chi connectivity index (χ1v) is 7.32. The first-order valence-electron chi connectivity index (χ1n) is 7.32. The van der Waals surface area contributed by atoms with Crippen LogP contribution in [0.4, 0.5) is 0 Å². The molecule has 3 N–H and O–H groups in total. The highest BCUT2D eigenvalue weighted by Gasteiger charge is 2.36. The summed E-state index contributed by atoms with van der Waals surface area (Å²) in [5.41, 5.74) is 5.71. The van der Waals surface area contributed by atoms with Gasteiger partial charge in [-0.3, -0.25) is 9.59 Å². The Balaban J connectivity index is 1.88. The second-order valence-electron chi connectivity index (χ2n) is 6.08. The van der Waals surface area contributed by atoms with Crippen LogP contribution < -0.4 is 11.1 Å². The molecular weight excluding hydrogens is 242 g/mol. The van der Waals surface area contributed by atoms with E-state index in [1.807, 2.05) is 18.7 Å². The molecule has 1 saturated carbocycles. The smallest absolute Gasteiger partial charge is 0.225 e. The SMILES string of the molecule is CC(C)N1CC(NC(=O)[C@@H]2CCC[C@@H]2CN)CC1=O. The maximum atomic E-state index is 12.3. The third-order valence-electron chi connectivity index (χ3n) is 4.43. The fourth-order valence-electron chi connectivity index (χ4n) is 3.30. The summed E-state index contributed by atoms with van der Waals surface area (Å²) in [6.45, 7) is 5.23. The predicted molar refractivity (Wildman–Crippen MR) is 73.3 cm³/mol. The molecular formula is C14H25N3O2. The molecule has 0 radical (unpaired) electrons. The largest absolute Gasteiger partial charge is 0.351 e. The third kappa shape index (κ3) is 3.08. The van der Waals surface area contributed by atoms with E-state index in [2.05, 4.69) is 5.32 Å². The van der Waals surface area contributed by atoms with Gasteiger partial charge >= 0.3 is 0 Å². The highest BCUT2D eigenvalue weighted by Crippen LogP contribution is 2.31. The van der Waals surface area contributed by atoms with E-state index in [0.29, 0.717) is 25.4 Å². The van der Waals surface area contributed by atoms with Crippen molar-refractivity contribution in [2.24, 2.45) is 17.6 Å². The molecule has 19 heavy (non-hydrogen) atoms. The van der Waals surface area contributed by atoms with Crippen LogP contribution in [-0.4, -0.2) is 41.9 Å². The summed E-state index contributed by atoms with van der Waals surface area (Å²) in [5, 5.41) is 3.04. The molecule has 1 saturated heterocycles. The second-order valence-corrected chi connectivity index (χ2v) is 6.08. The lowest BCUT2D eigenvalue weighted by atomic mass is 9.95. The normalized spacial score (nSPS) is 31.3. The van der Waals surface area contributed by atoms with Crippen molar-refractivity contribution in [1.29, 1.82) is 0 Å². The first-order chi connectivity index (χ1) is 9.02. The minimum atomic E-state index is -0.0265. The fourth-order valence-corrected chi connectivity index (χ4v) is 3.30. The molecule has 2 fully saturated rings. The number of rotatable bonds is 4. The molecule has 108 valence electrons. The fraction of sp³-hybridized carbons (Fsp3) is 0.857. The lowest BCUT2D eigenvalue weighted by molar-refractivity contribution is -0.129. The average Bonchev–Trinajstić information content (AvgIpc) is 2.95. The Morgan fingerprint density at radius 2 is 2.21 bits per heavy atom. The molecule has 1 aliphatic heterocycles. The lowest BCUT2D eigenvalue weighted by Gasteiger charge is -2.22. The minimum absolute atomic E-state index is 0.0265. The highest BCUT2D eigenvalue weighted by molar-refractivity contribution is 5.83. The Hall–Kier alpha value is -1.10. The Kier molecular flexibility index (Phi) is 4.45. The predicted octanol–water partition coefficient (Wildman–Crippen LogP) is 0.487. The molecule has 3 atom stereocenters. The van der Waals surface area contributed by atoms with Gasteiger partial charge in [-0.25, -0.2) is 0 Å². The Morgan fingerprint density at radius 3 is 2.79 bits per heavy atom. The van der Waals surface area contributed by atoms with Gasteiger partial charge in [-0.1, -0.05) is 6.42 Å². The number of hydrogen-bond donors (Lipinski definition) is 2. The zero-order valence-electron chi connectivity index (χ0n) is 11.9. The van der Waals surface area contributed by atoms with E-state index in [1.165, 1.54) is 0 Å². The molecule has 5 heteroatoms. The number of amides is 2. The first kappa shape index (κ1) is 14.3. The highest BCUT2D eigenvalue weighted by atomic mass is 16.2. The third-order valence-corrected chi connectivity index (χ3v) is 4.43. The summed E-state index contributed by atoms with van der Waals surface area (Å²) in [6, 6.07) is 0.180. The van der Waals surface area contributed by atoms with Crippen molar-refractivity contribution in [2.45, 2.75) is 51.6 Å². The van der Waals surface area contributed by atoms with Gasteiger partial charge in [0.1, 0.15) is 0 Å². The quantitative estimate of drug-likeness (QED) is 0.778. The van der Waals surface area contributed by atoms with E-state index < -0.39 is 0 Å². The van der Waals surface area contributed by atoms with Crippen LogP contribution in [-0.2, 0) is 9.59 Å². The van der Waals surface area contributed by atoms with Gasteiger partial charge in [-0.2, -0.15) is 0 Å². The molecule has 0 aromatic heterocycles. The van der Waals surface area contributed by atoms with Crippen molar-refractivity contribution in [3.05, 3.63) is 0 Å². The van der Waals surface area contributed by atoms with Crippen LogP contribution in [0.5, 0.6) is 0 Å². The molecule has 1 heterocycles. The Labute approximate surface area is 114 Å².